The Morgan fingerprint density at radius 2 is 1.76 bits per heavy atom. The van der Waals surface area contributed by atoms with Gasteiger partial charge in [-0.05, 0) is 54.8 Å². The number of nitrogens with zero attached hydrogens (tertiary/aromatic N) is 1. The molecule has 2 aliphatic rings. The van der Waals surface area contributed by atoms with Crippen molar-refractivity contribution < 1.29 is 22.8 Å². The lowest BCUT2D eigenvalue weighted by atomic mass is 10.0. The van der Waals surface area contributed by atoms with Gasteiger partial charge in [0.2, 0.25) is 5.91 Å². The van der Waals surface area contributed by atoms with E-state index < -0.39 is 45.3 Å². The Kier molecular flexibility index (Phi) is 6.22. The molecule has 0 aliphatic heterocycles. The van der Waals surface area contributed by atoms with E-state index >= 15 is 0 Å². The molecule has 2 amide bonds. The number of halogens is 7. The lowest BCUT2D eigenvalue weighted by Crippen LogP contribution is -2.35. The molecule has 0 aromatic heterocycles. The normalized spacial score (nSPS) is 21.8. The van der Waals surface area contributed by atoms with Crippen LogP contribution in [-0.2, 0) is 11.0 Å². The summed E-state index contributed by atoms with van der Waals surface area (Å²) in [6, 6.07) is 9.10. The number of anilines is 1. The van der Waals surface area contributed by atoms with E-state index in [0.29, 0.717) is 12.8 Å². The number of carbonyl (C=O) groups is 2. The number of carbonyl (C=O) groups excluding carboxylic acids is 2. The van der Waals surface area contributed by atoms with E-state index in [1.165, 1.54) is 24.3 Å². The Labute approximate surface area is 212 Å². The lowest BCUT2D eigenvalue weighted by Gasteiger charge is -2.12. The second kappa shape index (κ2) is 8.49. The van der Waals surface area contributed by atoms with Gasteiger partial charge in [0, 0.05) is 16.6 Å². The van der Waals surface area contributed by atoms with Gasteiger partial charge in [-0.1, -0.05) is 23.2 Å². The molecule has 2 aliphatic carbocycles. The maximum Gasteiger partial charge on any atom is 0.416 e. The monoisotopic (exact) mass is 549 g/mol. The number of nitriles is 1. The van der Waals surface area contributed by atoms with E-state index in [4.69, 9.17) is 51.7 Å². The van der Waals surface area contributed by atoms with Crippen molar-refractivity contribution >= 4 is 63.9 Å². The average molecular weight is 551 g/mol. The third-order valence-electron chi connectivity index (χ3n) is 5.74. The van der Waals surface area contributed by atoms with Crippen LogP contribution in [0.5, 0.6) is 0 Å². The summed E-state index contributed by atoms with van der Waals surface area (Å²) in [5.74, 6) is -3.24. The highest BCUT2D eigenvalue weighted by Gasteiger charge is 2.67. The van der Waals surface area contributed by atoms with Crippen molar-refractivity contribution in [3.05, 3.63) is 63.1 Å². The first-order chi connectivity index (χ1) is 15.8. The van der Waals surface area contributed by atoms with Gasteiger partial charge in [-0.15, -0.1) is 23.2 Å². The molecule has 2 N–H and O–H groups in total. The molecule has 0 radical (unpaired) electrons. The molecule has 0 unspecified atom stereocenters. The molecule has 2 aromatic rings. The molecular formula is C22H14Cl4F3N3O2. The minimum Gasteiger partial charge on any atom is -0.334 e. The minimum absolute atomic E-state index is 0.0426. The Morgan fingerprint density at radius 3 is 2.35 bits per heavy atom. The van der Waals surface area contributed by atoms with Gasteiger partial charge in [0.05, 0.1) is 28.1 Å². The Hall–Kier alpha value is -2.18. The molecule has 12 heteroatoms. The second-order valence-corrected chi connectivity index (χ2v) is 10.5. The Bertz CT molecular complexity index is 1240. The molecule has 0 saturated heterocycles. The largest absolute Gasteiger partial charge is 0.416 e. The first kappa shape index (κ1) is 24.9. The van der Waals surface area contributed by atoms with Crippen LogP contribution in [0.15, 0.2) is 36.4 Å². The number of rotatable bonds is 5. The van der Waals surface area contributed by atoms with Gasteiger partial charge in [0.1, 0.15) is 9.87 Å². The van der Waals surface area contributed by atoms with Crippen molar-refractivity contribution in [2.45, 2.75) is 34.8 Å². The van der Waals surface area contributed by atoms with Crippen LogP contribution in [0.3, 0.4) is 0 Å². The minimum atomic E-state index is -4.64. The first-order valence-electron chi connectivity index (χ1n) is 9.87. The molecule has 2 saturated carbocycles. The fourth-order valence-electron chi connectivity index (χ4n) is 3.69. The highest BCUT2D eigenvalue weighted by molar-refractivity contribution is 6.53. The number of alkyl halides is 5. The van der Waals surface area contributed by atoms with Crippen LogP contribution in [0, 0.1) is 17.2 Å². The van der Waals surface area contributed by atoms with Gasteiger partial charge in [-0.2, -0.15) is 18.4 Å². The molecule has 0 heterocycles. The highest BCUT2D eigenvalue weighted by Crippen LogP contribution is 2.65. The van der Waals surface area contributed by atoms with E-state index in [1.54, 1.807) is 0 Å². The van der Waals surface area contributed by atoms with Crippen molar-refractivity contribution in [3.63, 3.8) is 0 Å². The van der Waals surface area contributed by atoms with Crippen molar-refractivity contribution in [3.8, 4) is 6.07 Å². The summed E-state index contributed by atoms with van der Waals surface area (Å²) >= 11 is 24.5. The maximum atomic E-state index is 13.2. The van der Waals surface area contributed by atoms with E-state index in [2.05, 4.69) is 10.6 Å². The third-order valence-corrected chi connectivity index (χ3v) is 7.23. The number of hydrogen-bond acceptors (Lipinski definition) is 3. The van der Waals surface area contributed by atoms with Crippen LogP contribution >= 0.6 is 46.4 Å². The fourth-order valence-corrected chi connectivity index (χ4v) is 4.97. The van der Waals surface area contributed by atoms with Gasteiger partial charge in [0.25, 0.3) is 5.91 Å². The molecule has 2 atom stereocenters. The van der Waals surface area contributed by atoms with Gasteiger partial charge in [-0.3, -0.25) is 9.59 Å². The molecule has 2 fully saturated rings. The maximum absolute atomic E-state index is 13.2. The van der Waals surface area contributed by atoms with Crippen LogP contribution in [-0.4, -0.2) is 21.7 Å². The highest BCUT2D eigenvalue weighted by atomic mass is 35.5. The molecule has 4 rings (SSSR count). The zero-order valence-electron chi connectivity index (χ0n) is 16.9. The predicted octanol–water partition coefficient (Wildman–Crippen LogP) is 6.32. The van der Waals surface area contributed by atoms with Crippen molar-refractivity contribution in [1.29, 1.82) is 5.26 Å². The first-order valence-corrected chi connectivity index (χ1v) is 11.4. The summed E-state index contributed by atoms with van der Waals surface area (Å²) in [4.78, 5) is 25.4. The standard InChI is InChI=1S/C22H14Cl4F3N3O2/c23-12-6-10(5-11(7-12)22(27,28)29)16-17(21(16,25)26)19(34)31-13-1-2-15(24)14(8-13)18(33)32-20(9-30)3-4-20/h1-2,5-8,16-17H,3-4H2,(H,31,34)(H,32,33)/t16-,17+/m0/s1. The van der Waals surface area contributed by atoms with Crippen LogP contribution in [0.25, 0.3) is 0 Å². The number of amides is 2. The van der Waals surface area contributed by atoms with Crippen LogP contribution in [0.2, 0.25) is 10.0 Å². The molecule has 178 valence electrons. The van der Waals surface area contributed by atoms with Crippen molar-refractivity contribution in [2.24, 2.45) is 5.92 Å². The summed E-state index contributed by atoms with van der Waals surface area (Å²) in [5.41, 5.74) is -1.58. The predicted molar refractivity (Wildman–Crippen MR) is 122 cm³/mol. The van der Waals surface area contributed by atoms with Crippen molar-refractivity contribution in [2.75, 3.05) is 5.32 Å². The molecular weight excluding hydrogens is 537 g/mol. The summed E-state index contributed by atoms with van der Waals surface area (Å²) < 4.78 is 37.8. The molecule has 2 aromatic carbocycles. The van der Waals surface area contributed by atoms with E-state index in [9.17, 15) is 22.8 Å². The van der Waals surface area contributed by atoms with E-state index in [-0.39, 0.29) is 26.9 Å². The summed E-state index contributed by atoms with van der Waals surface area (Å²) in [7, 11) is 0. The number of nitrogens with one attached hydrogen (secondary N) is 2. The molecule has 34 heavy (non-hydrogen) atoms. The van der Waals surface area contributed by atoms with Gasteiger partial charge >= 0.3 is 6.18 Å². The topological polar surface area (TPSA) is 82.0 Å². The van der Waals surface area contributed by atoms with Crippen LogP contribution in [0.4, 0.5) is 18.9 Å². The SMILES string of the molecule is N#CC1(NC(=O)c2cc(NC(=O)[C@H]3[C@H](c4cc(Cl)cc(C(F)(F)F)c4)C3(Cl)Cl)ccc2Cl)CC1. The Morgan fingerprint density at radius 1 is 1.09 bits per heavy atom. The fraction of sp³-hybridized carbons (Fsp3) is 0.318. The smallest absolute Gasteiger partial charge is 0.334 e. The molecule has 0 spiro atoms. The quantitative estimate of drug-likeness (QED) is 0.427. The number of hydrogen-bond donors (Lipinski definition) is 2. The molecule has 5 nitrogen and oxygen atoms in total. The van der Waals surface area contributed by atoms with Gasteiger partial charge in [-0.25, -0.2) is 0 Å². The summed E-state index contributed by atoms with van der Waals surface area (Å²) in [6.45, 7) is 0. The Balaban J connectivity index is 1.53. The summed E-state index contributed by atoms with van der Waals surface area (Å²) in [6.07, 6.45) is -3.59. The van der Waals surface area contributed by atoms with Crippen molar-refractivity contribution in [1.82, 2.24) is 5.32 Å². The zero-order chi connectivity index (χ0) is 25.1. The lowest BCUT2D eigenvalue weighted by molar-refractivity contribution is -0.137. The van der Waals surface area contributed by atoms with Crippen LogP contribution in [0.1, 0.15) is 40.2 Å². The van der Waals surface area contributed by atoms with Gasteiger partial charge in [0.15, 0.2) is 0 Å². The zero-order valence-corrected chi connectivity index (χ0v) is 20.0. The van der Waals surface area contributed by atoms with E-state index in [0.717, 1.165) is 12.1 Å². The average Bonchev–Trinajstić information content (AvgIpc) is 3.63. The van der Waals surface area contributed by atoms with Crippen LogP contribution < -0.4 is 10.6 Å². The van der Waals surface area contributed by atoms with Gasteiger partial charge < -0.3 is 10.6 Å². The third kappa shape index (κ3) is 4.80. The molecule has 0 bridgehead atoms. The number of benzene rings is 2. The second-order valence-electron chi connectivity index (χ2n) is 8.23. The van der Waals surface area contributed by atoms with E-state index in [1.807, 2.05) is 6.07 Å². The summed E-state index contributed by atoms with van der Waals surface area (Å²) in [5, 5.41) is 14.3.